The van der Waals surface area contributed by atoms with Crippen molar-refractivity contribution in [2.45, 2.75) is 32.1 Å². The molecule has 1 amide bonds. The maximum absolute atomic E-state index is 12.6. The predicted octanol–water partition coefficient (Wildman–Crippen LogP) is 3.04. The van der Waals surface area contributed by atoms with E-state index in [1.54, 1.807) is 29.2 Å². The number of likely N-dealkylation sites (tertiary alicyclic amines) is 1. The van der Waals surface area contributed by atoms with E-state index >= 15 is 0 Å². The van der Waals surface area contributed by atoms with E-state index in [4.69, 9.17) is 16.1 Å². The van der Waals surface area contributed by atoms with Crippen molar-refractivity contribution >= 4 is 23.5 Å². The van der Waals surface area contributed by atoms with Crippen LogP contribution in [0.3, 0.4) is 0 Å². The number of rotatable bonds is 5. The number of aromatic nitrogens is 2. The molecule has 1 N–H and O–H groups in total. The van der Waals surface area contributed by atoms with Crippen LogP contribution >= 0.6 is 11.6 Å². The van der Waals surface area contributed by atoms with Crippen LogP contribution in [0.4, 0.5) is 0 Å². The van der Waals surface area contributed by atoms with Gasteiger partial charge in [0.05, 0.1) is 5.41 Å². The predicted molar refractivity (Wildman–Crippen MR) is 97.1 cm³/mol. The molecule has 1 aliphatic heterocycles. The van der Waals surface area contributed by atoms with Gasteiger partial charge in [-0.3, -0.25) is 9.59 Å². The smallest absolute Gasteiger partial charge is 0.311 e. The average molecular weight is 390 g/mol. The van der Waals surface area contributed by atoms with Crippen LogP contribution in [0.25, 0.3) is 11.4 Å². The molecular weight excluding hydrogens is 370 g/mol. The number of carbonyl (C=O) groups excluding carboxylic acids is 1. The molecule has 142 valence electrons. The third kappa shape index (κ3) is 3.32. The van der Waals surface area contributed by atoms with Crippen LogP contribution in [0.5, 0.6) is 0 Å². The Hall–Kier alpha value is -2.41. The number of halogens is 1. The Bertz CT molecular complexity index is 866. The zero-order valence-corrected chi connectivity index (χ0v) is 15.5. The number of carboxylic acid groups (broad SMARTS) is 1. The molecule has 0 unspecified atom stereocenters. The maximum Gasteiger partial charge on any atom is 0.311 e. The van der Waals surface area contributed by atoms with E-state index in [0.717, 1.165) is 18.4 Å². The van der Waals surface area contributed by atoms with Crippen molar-refractivity contribution in [3.05, 3.63) is 35.2 Å². The van der Waals surface area contributed by atoms with Crippen LogP contribution < -0.4 is 0 Å². The summed E-state index contributed by atoms with van der Waals surface area (Å²) >= 11 is 5.87. The van der Waals surface area contributed by atoms with Crippen molar-refractivity contribution in [3.63, 3.8) is 0 Å². The summed E-state index contributed by atoms with van der Waals surface area (Å²) in [7, 11) is 0. The molecule has 4 rings (SSSR count). The summed E-state index contributed by atoms with van der Waals surface area (Å²) in [5, 5.41) is 14.2. The number of fused-ring (bicyclic) bond motifs is 1. The van der Waals surface area contributed by atoms with E-state index in [0.29, 0.717) is 42.7 Å². The zero-order chi connectivity index (χ0) is 19.0. The number of carboxylic acids is 1. The summed E-state index contributed by atoms with van der Waals surface area (Å²) in [6, 6.07) is 7.10. The molecule has 1 saturated heterocycles. The highest BCUT2D eigenvalue weighted by molar-refractivity contribution is 6.30. The van der Waals surface area contributed by atoms with Gasteiger partial charge in [-0.15, -0.1) is 0 Å². The maximum atomic E-state index is 12.6. The molecule has 1 aromatic carbocycles. The monoisotopic (exact) mass is 389 g/mol. The highest BCUT2D eigenvalue weighted by atomic mass is 35.5. The Kier molecular flexibility index (Phi) is 4.63. The second kappa shape index (κ2) is 6.96. The molecule has 1 aliphatic carbocycles. The summed E-state index contributed by atoms with van der Waals surface area (Å²) in [6.07, 6.45) is 3.02. The van der Waals surface area contributed by atoms with Gasteiger partial charge < -0.3 is 14.5 Å². The minimum atomic E-state index is -0.773. The van der Waals surface area contributed by atoms with Gasteiger partial charge in [-0.1, -0.05) is 23.2 Å². The summed E-state index contributed by atoms with van der Waals surface area (Å²) in [4.78, 5) is 30.3. The molecule has 2 fully saturated rings. The van der Waals surface area contributed by atoms with E-state index in [2.05, 4.69) is 10.1 Å². The van der Waals surface area contributed by atoms with Gasteiger partial charge >= 0.3 is 5.97 Å². The molecule has 1 aromatic heterocycles. The van der Waals surface area contributed by atoms with E-state index < -0.39 is 11.4 Å². The Morgan fingerprint density at radius 2 is 2.11 bits per heavy atom. The lowest BCUT2D eigenvalue weighted by Crippen LogP contribution is -2.37. The minimum absolute atomic E-state index is 0.0590. The van der Waals surface area contributed by atoms with Crippen molar-refractivity contribution < 1.29 is 19.2 Å². The summed E-state index contributed by atoms with van der Waals surface area (Å²) < 4.78 is 5.24. The molecule has 27 heavy (non-hydrogen) atoms. The van der Waals surface area contributed by atoms with Crippen LogP contribution in [0.15, 0.2) is 28.8 Å². The largest absolute Gasteiger partial charge is 0.481 e. The van der Waals surface area contributed by atoms with Crippen LogP contribution in [0, 0.1) is 11.3 Å². The van der Waals surface area contributed by atoms with Crippen molar-refractivity contribution in [1.29, 1.82) is 0 Å². The Balaban J connectivity index is 1.36. The molecule has 1 saturated carbocycles. The number of aliphatic carboxylic acids is 1. The zero-order valence-electron chi connectivity index (χ0n) is 14.7. The van der Waals surface area contributed by atoms with Crippen LogP contribution in [0.2, 0.25) is 5.02 Å². The fraction of sp³-hybridized carbons (Fsp3) is 0.474. The first kappa shape index (κ1) is 18.0. The number of carbonyl (C=O) groups is 2. The summed E-state index contributed by atoms with van der Waals surface area (Å²) in [5.74, 6) is 0.0789. The second-order valence-electron chi connectivity index (χ2n) is 7.34. The highest BCUT2D eigenvalue weighted by Crippen LogP contribution is 2.49. The van der Waals surface area contributed by atoms with Gasteiger partial charge in [0.25, 0.3) is 0 Å². The molecule has 2 atom stereocenters. The molecule has 0 spiro atoms. The number of amides is 1. The van der Waals surface area contributed by atoms with Crippen molar-refractivity contribution in [3.8, 4) is 11.4 Å². The van der Waals surface area contributed by atoms with Crippen LogP contribution in [0.1, 0.15) is 31.6 Å². The fourth-order valence-corrected chi connectivity index (χ4v) is 4.40. The topological polar surface area (TPSA) is 96.5 Å². The number of nitrogens with zero attached hydrogens (tertiary/aromatic N) is 3. The number of hydrogen-bond donors (Lipinski definition) is 1. The third-order valence-corrected chi connectivity index (χ3v) is 6.02. The minimum Gasteiger partial charge on any atom is -0.481 e. The molecule has 2 heterocycles. The lowest BCUT2D eigenvalue weighted by atomic mass is 9.81. The molecule has 0 radical (unpaired) electrons. The van der Waals surface area contributed by atoms with E-state index in [-0.39, 0.29) is 18.2 Å². The van der Waals surface area contributed by atoms with Crippen molar-refractivity contribution in [2.24, 2.45) is 11.3 Å². The SMILES string of the molecule is O=C(CCc1nc(-c2ccc(Cl)cc2)no1)N1C[C@@H]2CCC[C@@]2(C(=O)O)C1. The highest BCUT2D eigenvalue weighted by Gasteiger charge is 2.55. The first-order valence-corrected chi connectivity index (χ1v) is 9.45. The first-order chi connectivity index (χ1) is 13.0. The number of hydrogen-bond acceptors (Lipinski definition) is 5. The van der Waals surface area contributed by atoms with E-state index in [1.165, 1.54) is 0 Å². The average Bonchev–Trinajstić information content (AvgIpc) is 3.34. The Labute approximate surface area is 161 Å². The van der Waals surface area contributed by atoms with E-state index in [9.17, 15) is 14.7 Å². The normalized spacial score (nSPS) is 24.2. The van der Waals surface area contributed by atoms with Gasteiger partial charge in [-0.25, -0.2) is 0 Å². The van der Waals surface area contributed by atoms with Gasteiger partial charge in [-0.2, -0.15) is 4.98 Å². The van der Waals surface area contributed by atoms with Crippen LogP contribution in [-0.4, -0.2) is 45.1 Å². The molecule has 8 heteroatoms. The van der Waals surface area contributed by atoms with Crippen LogP contribution in [-0.2, 0) is 16.0 Å². The molecule has 2 aliphatic rings. The molecule has 2 aromatic rings. The van der Waals surface area contributed by atoms with Gasteiger partial charge in [0.2, 0.25) is 17.6 Å². The standard InChI is InChI=1S/C19H20ClN3O4/c20-14-5-3-12(4-6-14)17-21-15(27-22-17)7-8-16(24)23-10-13-2-1-9-19(13,11-23)18(25)26/h3-6,13H,1-2,7-11H2,(H,25,26)/t13-,19+/m0/s1. The second-order valence-corrected chi connectivity index (χ2v) is 7.78. The van der Waals surface area contributed by atoms with Crippen molar-refractivity contribution in [2.75, 3.05) is 13.1 Å². The molecule has 7 nitrogen and oxygen atoms in total. The van der Waals surface area contributed by atoms with Gasteiger partial charge in [0, 0.05) is 36.5 Å². The Morgan fingerprint density at radius 1 is 1.33 bits per heavy atom. The number of aryl methyl sites for hydroxylation is 1. The van der Waals surface area contributed by atoms with E-state index in [1.807, 2.05) is 0 Å². The lowest BCUT2D eigenvalue weighted by Gasteiger charge is -2.23. The number of benzene rings is 1. The summed E-state index contributed by atoms with van der Waals surface area (Å²) in [5.41, 5.74) is 0.0403. The quantitative estimate of drug-likeness (QED) is 0.844. The molecule has 0 bridgehead atoms. The van der Waals surface area contributed by atoms with Gasteiger partial charge in [-0.05, 0) is 43.0 Å². The van der Waals surface area contributed by atoms with Gasteiger partial charge in [0.1, 0.15) is 0 Å². The first-order valence-electron chi connectivity index (χ1n) is 9.08. The summed E-state index contributed by atoms with van der Waals surface area (Å²) in [6.45, 7) is 0.844. The Morgan fingerprint density at radius 3 is 2.81 bits per heavy atom. The molecular formula is C19H20ClN3O4. The van der Waals surface area contributed by atoms with Crippen molar-refractivity contribution in [1.82, 2.24) is 15.0 Å². The fourth-order valence-electron chi connectivity index (χ4n) is 4.27. The third-order valence-electron chi connectivity index (χ3n) is 5.77. The lowest BCUT2D eigenvalue weighted by molar-refractivity contribution is -0.149. The van der Waals surface area contributed by atoms with Gasteiger partial charge in [0.15, 0.2) is 0 Å².